The van der Waals surface area contributed by atoms with Gasteiger partial charge in [0.2, 0.25) is 0 Å². The maximum absolute atomic E-state index is 7.26. The van der Waals surface area contributed by atoms with Crippen LogP contribution in [0.3, 0.4) is 0 Å². The van der Waals surface area contributed by atoms with Crippen molar-refractivity contribution in [3.8, 4) is 0 Å². The predicted octanol–water partition coefficient (Wildman–Crippen LogP) is -0.338. The van der Waals surface area contributed by atoms with E-state index in [4.69, 9.17) is 22.3 Å². The zero-order chi connectivity index (χ0) is 10.9. The first-order valence-electron chi connectivity index (χ1n) is 3.97. The summed E-state index contributed by atoms with van der Waals surface area (Å²) in [5.41, 5.74) is 12.3. The van der Waals surface area contributed by atoms with Crippen LogP contribution in [0.5, 0.6) is 0 Å². The Morgan fingerprint density at radius 2 is 1.21 bits per heavy atom. The molecular formula is C8H12N6. The van der Waals surface area contributed by atoms with Crippen molar-refractivity contribution in [3.63, 3.8) is 0 Å². The highest BCUT2D eigenvalue weighted by atomic mass is 14.9. The van der Waals surface area contributed by atoms with Gasteiger partial charge in [0, 0.05) is 0 Å². The third-order valence-corrected chi connectivity index (χ3v) is 1.82. The van der Waals surface area contributed by atoms with Gasteiger partial charge in [0.15, 0.2) is 0 Å². The minimum atomic E-state index is -0.231. The molecule has 0 radical (unpaired) electrons. The van der Waals surface area contributed by atoms with Gasteiger partial charge in [-0.15, -0.1) is 0 Å². The van der Waals surface area contributed by atoms with Crippen LogP contribution >= 0.6 is 0 Å². The summed E-state index contributed by atoms with van der Waals surface area (Å²) in [5, 5.41) is 14.5. The molecule has 6 heteroatoms. The SMILES string of the molecule is Cc1nc(C(=N)N)c(C(=N)N)nc1C. The highest BCUT2D eigenvalue weighted by Crippen LogP contribution is 2.06. The highest BCUT2D eigenvalue weighted by molar-refractivity contribution is 6.05. The number of nitrogens with zero attached hydrogens (tertiary/aromatic N) is 2. The number of aromatic nitrogens is 2. The fourth-order valence-electron chi connectivity index (χ4n) is 0.979. The van der Waals surface area contributed by atoms with Gasteiger partial charge >= 0.3 is 0 Å². The standard InChI is InChI=1S/C8H12N6/c1-3-4(2)14-6(8(11)12)5(13-3)7(9)10/h1-2H3,(H3,9,10)(H3,11,12). The van der Waals surface area contributed by atoms with E-state index in [1.165, 1.54) is 0 Å². The third kappa shape index (κ3) is 1.68. The van der Waals surface area contributed by atoms with Crippen LogP contribution in [0.25, 0.3) is 0 Å². The normalized spacial score (nSPS) is 9.86. The Bertz CT molecular complexity index is 370. The van der Waals surface area contributed by atoms with Gasteiger partial charge in [0.1, 0.15) is 23.1 Å². The first-order valence-corrected chi connectivity index (χ1v) is 3.97. The fraction of sp³-hybridized carbons (Fsp3) is 0.250. The van der Waals surface area contributed by atoms with Crippen LogP contribution in [0.1, 0.15) is 22.8 Å². The Morgan fingerprint density at radius 3 is 1.43 bits per heavy atom. The van der Waals surface area contributed by atoms with Crippen LogP contribution < -0.4 is 11.5 Å². The second-order valence-electron chi connectivity index (χ2n) is 2.92. The lowest BCUT2D eigenvalue weighted by atomic mass is 10.2. The number of amidine groups is 2. The Labute approximate surface area is 81.4 Å². The molecular weight excluding hydrogens is 180 g/mol. The maximum Gasteiger partial charge on any atom is 0.144 e. The van der Waals surface area contributed by atoms with Crippen molar-refractivity contribution < 1.29 is 0 Å². The van der Waals surface area contributed by atoms with Crippen molar-refractivity contribution in [3.05, 3.63) is 22.8 Å². The monoisotopic (exact) mass is 192 g/mol. The predicted molar refractivity (Wildman–Crippen MR) is 53.5 cm³/mol. The van der Waals surface area contributed by atoms with Crippen molar-refractivity contribution >= 4 is 11.7 Å². The number of nitrogen functional groups attached to an aromatic ring is 2. The first-order chi connectivity index (χ1) is 6.43. The van der Waals surface area contributed by atoms with Gasteiger partial charge in [-0.05, 0) is 13.8 Å². The summed E-state index contributed by atoms with van der Waals surface area (Å²) in [4.78, 5) is 8.12. The summed E-state index contributed by atoms with van der Waals surface area (Å²) in [6.07, 6.45) is 0. The summed E-state index contributed by atoms with van der Waals surface area (Å²) < 4.78 is 0. The van der Waals surface area contributed by atoms with Gasteiger partial charge in [-0.1, -0.05) is 0 Å². The largest absolute Gasteiger partial charge is 0.382 e. The van der Waals surface area contributed by atoms with Gasteiger partial charge < -0.3 is 11.5 Å². The van der Waals surface area contributed by atoms with E-state index >= 15 is 0 Å². The average molecular weight is 192 g/mol. The first kappa shape index (κ1) is 10.1. The molecule has 0 aromatic carbocycles. The maximum atomic E-state index is 7.26. The molecule has 0 saturated heterocycles. The topological polar surface area (TPSA) is 126 Å². The Morgan fingerprint density at radius 1 is 0.929 bits per heavy atom. The summed E-state index contributed by atoms with van der Waals surface area (Å²) >= 11 is 0. The van der Waals surface area contributed by atoms with E-state index in [2.05, 4.69) is 9.97 Å². The average Bonchev–Trinajstić information content (AvgIpc) is 2.08. The van der Waals surface area contributed by atoms with E-state index in [1.54, 1.807) is 13.8 Å². The van der Waals surface area contributed by atoms with E-state index in [0.717, 1.165) is 0 Å². The van der Waals surface area contributed by atoms with E-state index in [0.29, 0.717) is 11.4 Å². The van der Waals surface area contributed by atoms with Crippen molar-refractivity contribution in [2.24, 2.45) is 11.5 Å². The van der Waals surface area contributed by atoms with E-state index < -0.39 is 0 Å². The van der Waals surface area contributed by atoms with Crippen molar-refractivity contribution in [2.45, 2.75) is 13.8 Å². The molecule has 1 rings (SSSR count). The van der Waals surface area contributed by atoms with Crippen LogP contribution in [0.15, 0.2) is 0 Å². The molecule has 6 N–H and O–H groups in total. The second kappa shape index (κ2) is 3.41. The van der Waals surface area contributed by atoms with E-state index in [-0.39, 0.29) is 23.1 Å². The third-order valence-electron chi connectivity index (χ3n) is 1.82. The van der Waals surface area contributed by atoms with Crippen LogP contribution in [-0.2, 0) is 0 Å². The molecule has 0 amide bonds. The molecule has 0 fully saturated rings. The zero-order valence-corrected chi connectivity index (χ0v) is 8.05. The minimum absolute atomic E-state index is 0.167. The number of nitrogens with one attached hydrogen (secondary N) is 2. The van der Waals surface area contributed by atoms with Crippen LogP contribution in [-0.4, -0.2) is 21.6 Å². The van der Waals surface area contributed by atoms with Crippen molar-refractivity contribution in [1.29, 1.82) is 10.8 Å². The summed E-state index contributed by atoms with van der Waals surface area (Å²) in [5.74, 6) is -0.461. The lowest BCUT2D eigenvalue weighted by Crippen LogP contribution is -2.24. The zero-order valence-electron chi connectivity index (χ0n) is 8.05. The highest BCUT2D eigenvalue weighted by Gasteiger charge is 2.13. The second-order valence-corrected chi connectivity index (χ2v) is 2.92. The molecule has 0 aliphatic rings. The molecule has 1 aromatic heterocycles. The number of rotatable bonds is 2. The molecule has 0 unspecified atom stereocenters. The quantitative estimate of drug-likeness (QED) is 0.377. The molecule has 1 aromatic rings. The molecule has 1 heterocycles. The van der Waals surface area contributed by atoms with Gasteiger partial charge in [-0.25, -0.2) is 9.97 Å². The molecule has 0 saturated carbocycles. The number of hydrogen-bond donors (Lipinski definition) is 4. The van der Waals surface area contributed by atoms with Crippen LogP contribution in [0.2, 0.25) is 0 Å². The number of hydrogen-bond acceptors (Lipinski definition) is 4. The lowest BCUT2D eigenvalue weighted by molar-refractivity contribution is 1.01. The summed E-state index contributed by atoms with van der Waals surface area (Å²) in [6.45, 7) is 3.53. The number of nitrogens with two attached hydrogens (primary N) is 2. The molecule has 0 aliphatic heterocycles. The molecule has 0 atom stereocenters. The Balaban J connectivity index is 3.46. The molecule has 14 heavy (non-hydrogen) atoms. The lowest BCUT2D eigenvalue weighted by Gasteiger charge is -2.07. The van der Waals surface area contributed by atoms with Crippen LogP contribution in [0, 0.1) is 24.7 Å². The van der Waals surface area contributed by atoms with Crippen LogP contribution in [0.4, 0.5) is 0 Å². The number of aryl methyl sites for hydroxylation is 2. The van der Waals surface area contributed by atoms with Crippen molar-refractivity contribution in [1.82, 2.24) is 9.97 Å². The van der Waals surface area contributed by atoms with Gasteiger partial charge in [-0.2, -0.15) is 0 Å². The summed E-state index contributed by atoms with van der Waals surface area (Å²) in [6, 6.07) is 0. The molecule has 0 bridgehead atoms. The smallest absolute Gasteiger partial charge is 0.144 e. The molecule has 74 valence electrons. The molecule has 6 nitrogen and oxygen atoms in total. The Hall–Kier alpha value is -1.98. The van der Waals surface area contributed by atoms with Gasteiger partial charge in [0.25, 0.3) is 0 Å². The Kier molecular flexibility index (Phi) is 2.46. The van der Waals surface area contributed by atoms with E-state index in [9.17, 15) is 0 Å². The van der Waals surface area contributed by atoms with Gasteiger partial charge in [0.05, 0.1) is 11.4 Å². The fourth-order valence-corrected chi connectivity index (χ4v) is 0.979. The van der Waals surface area contributed by atoms with E-state index in [1.807, 2.05) is 0 Å². The summed E-state index contributed by atoms with van der Waals surface area (Å²) in [7, 11) is 0. The molecule has 0 aliphatic carbocycles. The van der Waals surface area contributed by atoms with Crippen molar-refractivity contribution in [2.75, 3.05) is 0 Å². The minimum Gasteiger partial charge on any atom is -0.382 e. The van der Waals surface area contributed by atoms with Gasteiger partial charge in [-0.3, -0.25) is 10.8 Å². The molecule has 0 spiro atoms.